The minimum Gasteiger partial charge on any atom is -0.489 e. The smallest absolute Gasteiger partial charge is 0.416 e. The summed E-state index contributed by atoms with van der Waals surface area (Å²) in [6.07, 6.45) is -2.93. The number of aromatic amines is 1. The molecule has 0 unspecified atom stereocenters. The highest BCUT2D eigenvalue weighted by atomic mass is 19.4. The van der Waals surface area contributed by atoms with E-state index in [9.17, 15) is 23.2 Å². The topological polar surface area (TPSA) is 103 Å². The van der Waals surface area contributed by atoms with Gasteiger partial charge in [-0.15, -0.1) is 0 Å². The fraction of sp³-hybridized carbons (Fsp3) is 0.0769. The summed E-state index contributed by atoms with van der Waals surface area (Å²) < 4.78 is 44.1. The monoisotopic (exact) mass is 489 g/mol. The van der Waals surface area contributed by atoms with Gasteiger partial charge in [0.25, 0.3) is 5.56 Å². The maximum atomic E-state index is 12.8. The molecule has 0 bridgehead atoms. The standard InChI is InChI=1S/C26H18F3N5O2/c27-26(28,29)20-8-4-5-18(13-20)16-36-21-11-9-17(10-12-21)15-31-34-25-32-23(19-6-2-1-3-7-19)22(14-30)24(35)33-25/h1-13,15H,16H2,(H2,32,33,34,35). The van der Waals surface area contributed by atoms with Crippen molar-refractivity contribution in [2.75, 3.05) is 5.43 Å². The molecule has 0 amide bonds. The fourth-order valence-electron chi connectivity index (χ4n) is 3.26. The number of anilines is 1. The molecule has 0 aliphatic heterocycles. The first-order chi connectivity index (χ1) is 17.3. The first kappa shape index (κ1) is 24.2. The highest BCUT2D eigenvalue weighted by Crippen LogP contribution is 2.29. The number of nitriles is 1. The van der Waals surface area contributed by atoms with Crippen molar-refractivity contribution in [3.8, 4) is 23.1 Å². The average Bonchev–Trinajstić information content (AvgIpc) is 2.88. The molecule has 2 N–H and O–H groups in total. The zero-order valence-corrected chi connectivity index (χ0v) is 18.6. The Labute approximate surface area is 203 Å². The van der Waals surface area contributed by atoms with Crippen LogP contribution in [0.1, 0.15) is 22.3 Å². The van der Waals surface area contributed by atoms with Gasteiger partial charge in [-0.05, 0) is 47.5 Å². The lowest BCUT2D eigenvalue weighted by molar-refractivity contribution is -0.137. The molecule has 0 aliphatic rings. The van der Waals surface area contributed by atoms with Crippen molar-refractivity contribution in [1.29, 1.82) is 5.26 Å². The number of nitrogens with one attached hydrogen (secondary N) is 2. The van der Waals surface area contributed by atoms with Gasteiger partial charge in [0.05, 0.1) is 17.5 Å². The van der Waals surface area contributed by atoms with Crippen molar-refractivity contribution in [2.24, 2.45) is 5.10 Å². The van der Waals surface area contributed by atoms with Crippen LogP contribution in [0.5, 0.6) is 5.75 Å². The molecule has 3 aromatic carbocycles. The molecule has 0 radical (unpaired) electrons. The molecule has 36 heavy (non-hydrogen) atoms. The summed E-state index contributed by atoms with van der Waals surface area (Å²) in [4.78, 5) is 19.1. The molecular formula is C26H18F3N5O2. The van der Waals surface area contributed by atoms with E-state index >= 15 is 0 Å². The molecular weight excluding hydrogens is 471 g/mol. The number of benzene rings is 3. The molecule has 7 nitrogen and oxygen atoms in total. The predicted octanol–water partition coefficient (Wildman–Crippen LogP) is 5.35. The summed E-state index contributed by atoms with van der Waals surface area (Å²) in [7, 11) is 0. The number of alkyl halides is 3. The lowest BCUT2D eigenvalue weighted by Crippen LogP contribution is -2.16. The third-order valence-corrected chi connectivity index (χ3v) is 5.00. The minimum atomic E-state index is -4.41. The van der Waals surface area contributed by atoms with E-state index in [-0.39, 0.29) is 23.8 Å². The Morgan fingerprint density at radius 1 is 1.06 bits per heavy atom. The van der Waals surface area contributed by atoms with Gasteiger partial charge in [-0.25, -0.2) is 10.4 Å². The molecule has 0 saturated heterocycles. The van der Waals surface area contributed by atoms with Gasteiger partial charge in [0.15, 0.2) is 0 Å². The summed E-state index contributed by atoms with van der Waals surface area (Å²) in [5.41, 5.74) is 3.17. The lowest BCUT2D eigenvalue weighted by Gasteiger charge is -2.10. The number of ether oxygens (including phenoxy) is 1. The third-order valence-electron chi connectivity index (χ3n) is 5.00. The molecule has 0 aliphatic carbocycles. The van der Waals surface area contributed by atoms with E-state index < -0.39 is 17.3 Å². The van der Waals surface area contributed by atoms with E-state index in [1.165, 1.54) is 12.3 Å². The number of hydrogen-bond acceptors (Lipinski definition) is 6. The minimum absolute atomic E-state index is 0.0135. The summed E-state index contributed by atoms with van der Waals surface area (Å²) >= 11 is 0. The van der Waals surface area contributed by atoms with Crippen LogP contribution in [0.4, 0.5) is 19.1 Å². The highest BCUT2D eigenvalue weighted by molar-refractivity contribution is 5.80. The Morgan fingerprint density at radius 3 is 2.50 bits per heavy atom. The number of halogens is 3. The summed E-state index contributed by atoms with van der Waals surface area (Å²) in [5.74, 6) is 0.540. The van der Waals surface area contributed by atoms with Gasteiger partial charge < -0.3 is 4.74 Å². The van der Waals surface area contributed by atoms with Gasteiger partial charge in [-0.3, -0.25) is 9.78 Å². The normalized spacial score (nSPS) is 11.3. The number of nitrogens with zero attached hydrogens (tertiary/aromatic N) is 3. The quantitative estimate of drug-likeness (QED) is 0.269. The lowest BCUT2D eigenvalue weighted by atomic mass is 10.1. The summed E-state index contributed by atoms with van der Waals surface area (Å²) in [6.45, 7) is -0.0135. The molecule has 0 saturated carbocycles. The number of rotatable bonds is 7. The molecule has 1 aromatic heterocycles. The van der Waals surface area contributed by atoms with Crippen LogP contribution in [0.3, 0.4) is 0 Å². The Balaban J connectivity index is 1.40. The first-order valence-electron chi connectivity index (χ1n) is 10.6. The highest BCUT2D eigenvalue weighted by Gasteiger charge is 2.30. The van der Waals surface area contributed by atoms with Gasteiger partial charge in [-0.1, -0.05) is 42.5 Å². The molecule has 0 spiro atoms. The molecule has 180 valence electrons. The summed E-state index contributed by atoms with van der Waals surface area (Å²) in [6, 6.07) is 22.4. The van der Waals surface area contributed by atoms with Crippen LogP contribution in [0, 0.1) is 11.3 Å². The van der Waals surface area contributed by atoms with Crippen molar-refractivity contribution in [3.63, 3.8) is 0 Å². The van der Waals surface area contributed by atoms with Gasteiger partial charge >= 0.3 is 6.18 Å². The van der Waals surface area contributed by atoms with E-state index in [1.54, 1.807) is 54.6 Å². The fourth-order valence-corrected chi connectivity index (χ4v) is 3.26. The number of aromatic nitrogens is 2. The third kappa shape index (κ3) is 5.95. The zero-order chi connectivity index (χ0) is 25.5. The maximum Gasteiger partial charge on any atom is 0.416 e. The second-order valence-electron chi connectivity index (χ2n) is 7.54. The van der Waals surface area contributed by atoms with Crippen LogP contribution < -0.4 is 15.7 Å². The Bertz CT molecular complexity index is 1470. The van der Waals surface area contributed by atoms with Crippen LogP contribution >= 0.6 is 0 Å². The SMILES string of the molecule is N#Cc1c(-c2ccccc2)nc(NN=Cc2ccc(OCc3cccc(C(F)(F)F)c3)cc2)[nH]c1=O. The van der Waals surface area contributed by atoms with Crippen LogP contribution in [-0.2, 0) is 12.8 Å². The Morgan fingerprint density at radius 2 is 1.81 bits per heavy atom. The van der Waals surface area contributed by atoms with E-state index in [0.717, 1.165) is 12.1 Å². The van der Waals surface area contributed by atoms with E-state index in [2.05, 4.69) is 20.5 Å². The molecule has 4 rings (SSSR count). The Hall–Kier alpha value is -4.91. The number of hydrazone groups is 1. The second kappa shape index (κ2) is 10.6. The van der Waals surface area contributed by atoms with E-state index in [4.69, 9.17) is 4.74 Å². The van der Waals surface area contributed by atoms with Crippen LogP contribution in [0.2, 0.25) is 0 Å². The van der Waals surface area contributed by atoms with Crippen LogP contribution in [0.25, 0.3) is 11.3 Å². The van der Waals surface area contributed by atoms with Crippen LogP contribution in [0.15, 0.2) is 88.8 Å². The second-order valence-corrected chi connectivity index (χ2v) is 7.54. The van der Waals surface area contributed by atoms with E-state index in [1.807, 2.05) is 12.1 Å². The van der Waals surface area contributed by atoms with Crippen molar-refractivity contribution in [2.45, 2.75) is 12.8 Å². The van der Waals surface area contributed by atoms with Crippen molar-refractivity contribution < 1.29 is 17.9 Å². The maximum absolute atomic E-state index is 12.8. The predicted molar refractivity (Wildman–Crippen MR) is 128 cm³/mol. The van der Waals surface area contributed by atoms with Crippen molar-refractivity contribution >= 4 is 12.2 Å². The van der Waals surface area contributed by atoms with Gasteiger partial charge in [-0.2, -0.15) is 23.5 Å². The molecule has 0 fully saturated rings. The van der Waals surface area contributed by atoms with E-state index in [0.29, 0.717) is 22.4 Å². The summed E-state index contributed by atoms with van der Waals surface area (Å²) in [5, 5.41) is 13.4. The number of hydrogen-bond donors (Lipinski definition) is 2. The van der Waals surface area contributed by atoms with Crippen molar-refractivity contribution in [3.05, 3.63) is 111 Å². The van der Waals surface area contributed by atoms with Gasteiger partial charge in [0.2, 0.25) is 5.95 Å². The van der Waals surface area contributed by atoms with Gasteiger partial charge in [0.1, 0.15) is 24.0 Å². The zero-order valence-electron chi connectivity index (χ0n) is 18.6. The molecule has 10 heteroatoms. The first-order valence-corrected chi connectivity index (χ1v) is 10.6. The molecule has 0 atom stereocenters. The molecule has 1 heterocycles. The van der Waals surface area contributed by atoms with Crippen LogP contribution in [-0.4, -0.2) is 16.2 Å². The van der Waals surface area contributed by atoms with Gasteiger partial charge in [0, 0.05) is 5.56 Å². The Kier molecular flexibility index (Phi) is 7.11. The molecule has 4 aromatic rings. The average molecular weight is 489 g/mol. The largest absolute Gasteiger partial charge is 0.489 e. The van der Waals surface area contributed by atoms with Crippen molar-refractivity contribution in [1.82, 2.24) is 9.97 Å². The number of H-pyrrole nitrogens is 1.